The summed E-state index contributed by atoms with van der Waals surface area (Å²) in [4.78, 5) is 35.5. The number of aromatic nitrogens is 2. The molecule has 144 valence electrons. The van der Waals surface area contributed by atoms with Crippen LogP contribution in [0.4, 0.5) is 0 Å². The van der Waals surface area contributed by atoms with Crippen molar-refractivity contribution in [3.8, 4) is 0 Å². The smallest absolute Gasteiger partial charge is 0.338 e. The fourth-order valence-electron chi connectivity index (χ4n) is 2.88. The fourth-order valence-corrected chi connectivity index (χ4v) is 2.88. The average Bonchev–Trinajstić information content (AvgIpc) is 2.68. The first-order valence-corrected chi connectivity index (χ1v) is 9.10. The maximum absolute atomic E-state index is 12.5. The minimum absolute atomic E-state index is 0.260. The second kappa shape index (κ2) is 8.17. The molecular formula is C22H23N3O3. The molecule has 0 unspecified atom stereocenters. The summed E-state index contributed by atoms with van der Waals surface area (Å²) in [5.41, 5.74) is 4.35. The van der Waals surface area contributed by atoms with Gasteiger partial charge in [-0.05, 0) is 44.5 Å². The van der Waals surface area contributed by atoms with Crippen molar-refractivity contribution in [1.82, 2.24) is 14.9 Å². The van der Waals surface area contributed by atoms with Gasteiger partial charge in [0.1, 0.15) is 0 Å². The van der Waals surface area contributed by atoms with E-state index in [0.29, 0.717) is 23.1 Å². The van der Waals surface area contributed by atoms with Crippen molar-refractivity contribution >= 4 is 22.9 Å². The highest BCUT2D eigenvalue weighted by molar-refractivity contribution is 5.95. The van der Waals surface area contributed by atoms with Gasteiger partial charge >= 0.3 is 5.97 Å². The molecule has 0 radical (unpaired) electrons. The van der Waals surface area contributed by atoms with Crippen molar-refractivity contribution in [3.05, 3.63) is 71.0 Å². The summed E-state index contributed by atoms with van der Waals surface area (Å²) in [7, 11) is 1.69. The number of fused-ring (bicyclic) bond motifs is 1. The predicted molar refractivity (Wildman–Crippen MR) is 107 cm³/mol. The quantitative estimate of drug-likeness (QED) is 0.637. The fraction of sp³-hybridized carbons (Fsp3) is 0.273. The largest absolute Gasteiger partial charge is 0.449 e. The van der Waals surface area contributed by atoms with Crippen molar-refractivity contribution in [1.29, 1.82) is 0 Å². The Morgan fingerprint density at radius 1 is 1.00 bits per heavy atom. The Morgan fingerprint density at radius 2 is 1.64 bits per heavy atom. The molecule has 1 atom stereocenters. The van der Waals surface area contributed by atoms with E-state index in [1.165, 1.54) is 0 Å². The molecule has 0 N–H and O–H groups in total. The van der Waals surface area contributed by atoms with Crippen molar-refractivity contribution in [2.24, 2.45) is 0 Å². The highest BCUT2D eigenvalue weighted by Gasteiger charge is 2.22. The monoisotopic (exact) mass is 377 g/mol. The molecule has 0 saturated heterocycles. The van der Waals surface area contributed by atoms with Gasteiger partial charge in [0.2, 0.25) is 0 Å². The van der Waals surface area contributed by atoms with Crippen LogP contribution in [0.1, 0.15) is 34.2 Å². The second-order valence-electron chi connectivity index (χ2n) is 6.83. The van der Waals surface area contributed by atoms with E-state index in [2.05, 4.69) is 9.97 Å². The van der Waals surface area contributed by atoms with Gasteiger partial charge in [-0.15, -0.1) is 0 Å². The number of nitrogens with zero attached hydrogens (tertiary/aromatic N) is 3. The number of amides is 1. The number of esters is 1. The number of rotatable bonds is 5. The van der Waals surface area contributed by atoms with Crippen LogP contribution in [0, 0.1) is 13.8 Å². The Labute approximate surface area is 164 Å². The van der Waals surface area contributed by atoms with E-state index < -0.39 is 12.1 Å². The molecule has 0 aliphatic carbocycles. The molecule has 0 spiro atoms. The first-order valence-electron chi connectivity index (χ1n) is 9.10. The van der Waals surface area contributed by atoms with E-state index in [1.807, 2.05) is 44.2 Å². The van der Waals surface area contributed by atoms with Crippen molar-refractivity contribution in [2.75, 3.05) is 7.05 Å². The number of carbonyl (C=O) groups excluding carboxylic acids is 2. The van der Waals surface area contributed by atoms with Crippen LogP contribution in [0.5, 0.6) is 0 Å². The average molecular weight is 377 g/mol. The number of hydrogen-bond donors (Lipinski definition) is 0. The number of aryl methyl sites for hydroxylation is 2. The zero-order valence-electron chi connectivity index (χ0n) is 16.5. The van der Waals surface area contributed by atoms with Crippen LogP contribution in [-0.4, -0.2) is 39.9 Å². The van der Waals surface area contributed by atoms with E-state index >= 15 is 0 Å². The maximum Gasteiger partial charge on any atom is 0.338 e. The summed E-state index contributed by atoms with van der Waals surface area (Å²) in [6.07, 6.45) is -0.886. The molecule has 6 heteroatoms. The standard InChI is InChI=1S/C22H23N3O3/c1-14-15(2)24-20-12-18(10-11-19(20)23-14)22(27)28-16(3)21(26)25(4)13-17-8-6-5-7-9-17/h5-12,16H,13H2,1-4H3/t16-/m0/s1. The summed E-state index contributed by atoms with van der Waals surface area (Å²) in [6, 6.07) is 14.7. The molecule has 0 aliphatic heterocycles. The van der Waals surface area contributed by atoms with E-state index in [4.69, 9.17) is 4.74 Å². The van der Waals surface area contributed by atoms with Gasteiger partial charge in [0.25, 0.3) is 5.91 Å². The van der Waals surface area contributed by atoms with Crippen LogP contribution >= 0.6 is 0 Å². The molecular weight excluding hydrogens is 354 g/mol. The van der Waals surface area contributed by atoms with Crippen LogP contribution in [0.15, 0.2) is 48.5 Å². The Balaban J connectivity index is 1.68. The Hall–Kier alpha value is -3.28. The molecule has 3 rings (SSSR count). The van der Waals surface area contributed by atoms with Gasteiger partial charge in [0, 0.05) is 13.6 Å². The predicted octanol–water partition coefficient (Wildman–Crippen LogP) is 3.45. The summed E-state index contributed by atoms with van der Waals surface area (Å²) in [5.74, 6) is -0.819. The molecule has 0 aliphatic rings. The summed E-state index contributed by atoms with van der Waals surface area (Å²) in [6.45, 7) is 5.79. The summed E-state index contributed by atoms with van der Waals surface area (Å²) in [5, 5.41) is 0. The first-order chi connectivity index (χ1) is 13.3. The number of benzene rings is 2. The van der Waals surface area contributed by atoms with Crippen molar-refractivity contribution in [3.63, 3.8) is 0 Å². The van der Waals surface area contributed by atoms with Crippen LogP contribution in [0.2, 0.25) is 0 Å². The lowest BCUT2D eigenvalue weighted by Crippen LogP contribution is -2.37. The molecule has 1 amide bonds. The zero-order chi connectivity index (χ0) is 20.3. The van der Waals surface area contributed by atoms with E-state index in [0.717, 1.165) is 17.0 Å². The van der Waals surface area contributed by atoms with Gasteiger partial charge in [-0.1, -0.05) is 30.3 Å². The summed E-state index contributed by atoms with van der Waals surface area (Å²) < 4.78 is 5.38. The third-order valence-electron chi connectivity index (χ3n) is 4.58. The van der Waals surface area contributed by atoms with Crippen LogP contribution < -0.4 is 0 Å². The number of hydrogen-bond acceptors (Lipinski definition) is 5. The zero-order valence-corrected chi connectivity index (χ0v) is 16.5. The molecule has 3 aromatic rings. The number of ether oxygens (including phenoxy) is 1. The van der Waals surface area contributed by atoms with Gasteiger partial charge < -0.3 is 9.64 Å². The highest BCUT2D eigenvalue weighted by Crippen LogP contribution is 2.16. The lowest BCUT2D eigenvalue weighted by atomic mass is 10.2. The van der Waals surface area contributed by atoms with Crippen molar-refractivity contribution in [2.45, 2.75) is 33.4 Å². The lowest BCUT2D eigenvalue weighted by molar-refractivity contribution is -0.139. The molecule has 0 saturated carbocycles. The van der Waals surface area contributed by atoms with Crippen LogP contribution in [0.25, 0.3) is 11.0 Å². The summed E-state index contributed by atoms with van der Waals surface area (Å²) >= 11 is 0. The van der Waals surface area contributed by atoms with Gasteiger partial charge in [0.15, 0.2) is 6.10 Å². The molecule has 2 aromatic carbocycles. The molecule has 0 fully saturated rings. The molecule has 6 nitrogen and oxygen atoms in total. The normalized spacial score (nSPS) is 11.9. The number of carbonyl (C=O) groups is 2. The lowest BCUT2D eigenvalue weighted by Gasteiger charge is -2.21. The van der Waals surface area contributed by atoms with Crippen LogP contribution in [-0.2, 0) is 16.1 Å². The highest BCUT2D eigenvalue weighted by atomic mass is 16.5. The van der Waals surface area contributed by atoms with Gasteiger partial charge in [-0.2, -0.15) is 0 Å². The molecule has 0 bridgehead atoms. The van der Waals surface area contributed by atoms with Gasteiger partial charge in [-0.3, -0.25) is 4.79 Å². The van der Waals surface area contributed by atoms with E-state index in [9.17, 15) is 9.59 Å². The Kier molecular flexibility index (Phi) is 5.68. The van der Waals surface area contributed by atoms with E-state index in [1.54, 1.807) is 37.1 Å². The minimum Gasteiger partial charge on any atom is -0.449 e. The van der Waals surface area contributed by atoms with Crippen molar-refractivity contribution < 1.29 is 14.3 Å². The number of likely N-dealkylation sites (N-methyl/N-ethyl adjacent to an activating group) is 1. The minimum atomic E-state index is -0.886. The third-order valence-corrected chi connectivity index (χ3v) is 4.58. The van der Waals surface area contributed by atoms with Gasteiger partial charge in [0.05, 0.1) is 28.0 Å². The molecule has 1 heterocycles. The van der Waals surface area contributed by atoms with Gasteiger partial charge in [-0.25, -0.2) is 14.8 Å². The SMILES string of the molecule is Cc1nc2ccc(C(=O)O[C@@H](C)C(=O)N(C)Cc3ccccc3)cc2nc1C. The van der Waals surface area contributed by atoms with Crippen LogP contribution in [0.3, 0.4) is 0 Å². The molecule has 1 aromatic heterocycles. The maximum atomic E-state index is 12.5. The Bertz CT molecular complexity index is 1020. The second-order valence-corrected chi connectivity index (χ2v) is 6.83. The topological polar surface area (TPSA) is 72.4 Å². The third kappa shape index (κ3) is 4.34. The first kappa shape index (κ1) is 19.5. The van der Waals surface area contributed by atoms with E-state index in [-0.39, 0.29) is 5.91 Å². The molecule has 28 heavy (non-hydrogen) atoms. The Morgan fingerprint density at radius 3 is 2.32 bits per heavy atom.